The number of ether oxygens (including phenoxy) is 2. The minimum Gasteiger partial charge on any atom is -0.352 e. The quantitative estimate of drug-likeness (QED) is 0.634. The summed E-state index contributed by atoms with van der Waals surface area (Å²) in [5.41, 5.74) is 3.32. The average molecular weight is 224 g/mol. The molecule has 0 spiro atoms. The van der Waals surface area contributed by atoms with Crippen LogP contribution >= 0.6 is 0 Å². The molecule has 0 N–H and O–H groups in total. The maximum atomic E-state index is 5.84. The van der Waals surface area contributed by atoms with Crippen LogP contribution in [0.5, 0.6) is 0 Å². The van der Waals surface area contributed by atoms with Crippen LogP contribution in [0.3, 0.4) is 0 Å². The van der Waals surface area contributed by atoms with Crippen LogP contribution in [0.2, 0.25) is 0 Å². The fraction of sp³-hybridized carbons (Fsp3) is 0.857. The molecule has 2 nitrogen and oxygen atoms in total. The molecule has 1 aliphatic heterocycles. The van der Waals surface area contributed by atoms with Gasteiger partial charge in [-0.15, -0.1) is 0 Å². The lowest BCUT2D eigenvalue weighted by molar-refractivity contribution is -0.152. The first-order chi connectivity index (χ1) is 7.52. The Bertz CT molecular complexity index is 283. The molecule has 0 saturated carbocycles. The second kappa shape index (κ2) is 4.50. The summed E-state index contributed by atoms with van der Waals surface area (Å²) in [5, 5.41) is 0. The van der Waals surface area contributed by atoms with Crippen LogP contribution in [0.4, 0.5) is 0 Å². The molecule has 1 fully saturated rings. The highest BCUT2D eigenvalue weighted by atomic mass is 16.7. The Labute approximate surface area is 99.0 Å². The van der Waals surface area contributed by atoms with E-state index in [4.69, 9.17) is 9.47 Å². The maximum absolute atomic E-state index is 5.84. The predicted octanol–water partition coefficient (Wildman–Crippen LogP) is 3.52. The van der Waals surface area contributed by atoms with E-state index in [9.17, 15) is 0 Å². The SMILES string of the molecule is CC1=C(C)C(C)(C)CC1C1OCCCCO1. The van der Waals surface area contributed by atoms with Gasteiger partial charge in [-0.05, 0) is 38.5 Å². The fourth-order valence-electron chi connectivity index (χ4n) is 2.85. The molecule has 1 heterocycles. The highest BCUT2D eigenvalue weighted by molar-refractivity contribution is 5.26. The Kier molecular flexibility index (Phi) is 3.41. The third-order valence-electron chi connectivity index (χ3n) is 4.32. The van der Waals surface area contributed by atoms with E-state index in [2.05, 4.69) is 27.7 Å². The summed E-state index contributed by atoms with van der Waals surface area (Å²) in [4.78, 5) is 0. The van der Waals surface area contributed by atoms with Crippen molar-refractivity contribution in [1.82, 2.24) is 0 Å². The van der Waals surface area contributed by atoms with Crippen LogP contribution in [-0.4, -0.2) is 19.5 Å². The molecule has 0 radical (unpaired) electrons. The summed E-state index contributed by atoms with van der Waals surface area (Å²) < 4.78 is 11.7. The molecular weight excluding hydrogens is 200 g/mol. The summed E-state index contributed by atoms with van der Waals surface area (Å²) in [6.45, 7) is 10.9. The van der Waals surface area contributed by atoms with Gasteiger partial charge >= 0.3 is 0 Å². The van der Waals surface area contributed by atoms with Gasteiger partial charge in [0.25, 0.3) is 0 Å². The van der Waals surface area contributed by atoms with Gasteiger partial charge in [-0.2, -0.15) is 0 Å². The molecule has 0 aromatic heterocycles. The Morgan fingerprint density at radius 2 is 1.62 bits per heavy atom. The van der Waals surface area contributed by atoms with Crippen molar-refractivity contribution in [3.8, 4) is 0 Å². The van der Waals surface area contributed by atoms with Crippen molar-refractivity contribution in [2.45, 2.75) is 53.2 Å². The first-order valence-corrected chi connectivity index (χ1v) is 6.43. The highest BCUT2D eigenvalue weighted by Crippen LogP contribution is 2.47. The second-order valence-corrected chi connectivity index (χ2v) is 5.82. The van der Waals surface area contributed by atoms with E-state index in [0.717, 1.165) is 32.5 Å². The Morgan fingerprint density at radius 1 is 1.06 bits per heavy atom. The molecule has 1 atom stereocenters. The molecule has 0 bridgehead atoms. The van der Waals surface area contributed by atoms with Crippen LogP contribution in [-0.2, 0) is 9.47 Å². The van der Waals surface area contributed by atoms with Gasteiger partial charge in [-0.25, -0.2) is 0 Å². The zero-order valence-electron chi connectivity index (χ0n) is 11.0. The van der Waals surface area contributed by atoms with E-state index >= 15 is 0 Å². The standard InChI is InChI=1S/C14H24O2/c1-10-11(2)14(3,4)9-12(10)13-15-7-5-6-8-16-13/h12-13H,5-9H2,1-4H3. The molecule has 0 aromatic rings. The number of allylic oxidation sites excluding steroid dienone is 1. The predicted molar refractivity (Wildman–Crippen MR) is 65.2 cm³/mol. The van der Waals surface area contributed by atoms with Gasteiger partial charge in [0.2, 0.25) is 0 Å². The van der Waals surface area contributed by atoms with Crippen LogP contribution in [0.15, 0.2) is 11.1 Å². The van der Waals surface area contributed by atoms with Crippen LogP contribution < -0.4 is 0 Å². The van der Waals surface area contributed by atoms with E-state index in [1.807, 2.05) is 0 Å². The lowest BCUT2D eigenvalue weighted by Crippen LogP contribution is -2.27. The summed E-state index contributed by atoms with van der Waals surface area (Å²) in [5.74, 6) is 0.466. The lowest BCUT2D eigenvalue weighted by atomic mass is 9.85. The minimum atomic E-state index is -0.000718. The normalized spacial score (nSPS) is 31.9. The number of hydrogen-bond acceptors (Lipinski definition) is 2. The summed E-state index contributed by atoms with van der Waals surface area (Å²) in [6, 6.07) is 0. The summed E-state index contributed by atoms with van der Waals surface area (Å²) in [6.07, 6.45) is 3.43. The molecule has 16 heavy (non-hydrogen) atoms. The van der Waals surface area contributed by atoms with Gasteiger partial charge in [-0.1, -0.05) is 25.0 Å². The minimum absolute atomic E-state index is 0.000718. The van der Waals surface area contributed by atoms with Crippen LogP contribution in [0.1, 0.15) is 47.0 Å². The van der Waals surface area contributed by atoms with Crippen molar-refractivity contribution in [3.05, 3.63) is 11.1 Å². The zero-order valence-corrected chi connectivity index (χ0v) is 11.0. The first kappa shape index (κ1) is 12.1. The maximum Gasteiger partial charge on any atom is 0.164 e. The number of hydrogen-bond donors (Lipinski definition) is 0. The van der Waals surface area contributed by atoms with Crippen molar-refractivity contribution in [2.24, 2.45) is 11.3 Å². The average Bonchev–Trinajstić information content (AvgIpc) is 2.51. The van der Waals surface area contributed by atoms with E-state index in [1.165, 1.54) is 11.1 Å². The molecule has 0 amide bonds. The smallest absolute Gasteiger partial charge is 0.164 e. The second-order valence-electron chi connectivity index (χ2n) is 5.82. The topological polar surface area (TPSA) is 18.5 Å². The molecule has 1 saturated heterocycles. The molecule has 1 aliphatic carbocycles. The number of rotatable bonds is 1. The van der Waals surface area contributed by atoms with Crippen molar-refractivity contribution in [2.75, 3.05) is 13.2 Å². The molecule has 2 aliphatic rings. The Hall–Kier alpha value is -0.340. The third kappa shape index (κ3) is 2.18. The first-order valence-electron chi connectivity index (χ1n) is 6.43. The van der Waals surface area contributed by atoms with Crippen molar-refractivity contribution in [3.63, 3.8) is 0 Å². The zero-order chi connectivity index (χ0) is 11.8. The van der Waals surface area contributed by atoms with Crippen molar-refractivity contribution in [1.29, 1.82) is 0 Å². The van der Waals surface area contributed by atoms with Crippen LogP contribution in [0, 0.1) is 11.3 Å². The van der Waals surface area contributed by atoms with Crippen molar-refractivity contribution >= 4 is 0 Å². The monoisotopic (exact) mass is 224 g/mol. The van der Waals surface area contributed by atoms with Gasteiger partial charge in [0.15, 0.2) is 6.29 Å². The van der Waals surface area contributed by atoms with Gasteiger partial charge in [0.1, 0.15) is 0 Å². The Balaban J connectivity index is 2.11. The fourth-order valence-corrected chi connectivity index (χ4v) is 2.85. The highest BCUT2D eigenvalue weighted by Gasteiger charge is 2.39. The van der Waals surface area contributed by atoms with Crippen molar-refractivity contribution < 1.29 is 9.47 Å². The van der Waals surface area contributed by atoms with Gasteiger partial charge in [0, 0.05) is 19.1 Å². The van der Waals surface area contributed by atoms with E-state index < -0.39 is 0 Å². The molecule has 2 heteroatoms. The van der Waals surface area contributed by atoms with E-state index in [-0.39, 0.29) is 6.29 Å². The van der Waals surface area contributed by atoms with E-state index in [0.29, 0.717) is 11.3 Å². The lowest BCUT2D eigenvalue weighted by Gasteiger charge is -2.26. The summed E-state index contributed by atoms with van der Waals surface area (Å²) in [7, 11) is 0. The van der Waals surface area contributed by atoms with Gasteiger partial charge in [0.05, 0.1) is 0 Å². The molecule has 0 aromatic carbocycles. The molecule has 2 rings (SSSR count). The Morgan fingerprint density at radius 3 is 2.06 bits per heavy atom. The van der Waals surface area contributed by atoms with Crippen LogP contribution in [0.25, 0.3) is 0 Å². The third-order valence-corrected chi connectivity index (χ3v) is 4.32. The summed E-state index contributed by atoms with van der Waals surface area (Å²) >= 11 is 0. The molecule has 1 unspecified atom stereocenters. The molecule has 92 valence electrons. The molecular formula is C14H24O2. The van der Waals surface area contributed by atoms with Gasteiger partial charge < -0.3 is 9.47 Å². The van der Waals surface area contributed by atoms with E-state index in [1.54, 1.807) is 0 Å². The largest absolute Gasteiger partial charge is 0.352 e. The van der Waals surface area contributed by atoms with Gasteiger partial charge in [-0.3, -0.25) is 0 Å².